The zero-order valence-electron chi connectivity index (χ0n) is 13.1. The number of methoxy groups -OCH3 is 2. The van der Waals surface area contributed by atoms with Crippen molar-refractivity contribution in [1.82, 2.24) is 0 Å². The van der Waals surface area contributed by atoms with E-state index in [-0.39, 0.29) is 5.97 Å². The highest BCUT2D eigenvalue weighted by molar-refractivity contribution is 6.04. The molecule has 0 amide bonds. The monoisotopic (exact) mass is 307 g/mol. The van der Waals surface area contributed by atoms with Crippen LogP contribution in [0.3, 0.4) is 0 Å². The normalized spacial score (nSPS) is 16.4. The molecule has 0 spiro atoms. The minimum Gasteiger partial charge on any atom is -0.497 e. The van der Waals surface area contributed by atoms with Gasteiger partial charge < -0.3 is 9.47 Å². The fourth-order valence-electron chi connectivity index (χ4n) is 2.56. The van der Waals surface area contributed by atoms with Crippen LogP contribution < -0.4 is 4.74 Å². The molecule has 3 rings (SSSR count). The smallest absolute Gasteiger partial charge is 0.330 e. The van der Waals surface area contributed by atoms with Crippen molar-refractivity contribution >= 4 is 22.5 Å². The summed E-state index contributed by atoms with van der Waals surface area (Å²) in [5, 5.41) is 2.22. The summed E-state index contributed by atoms with van der Waals surface area (Å²) in [6.07, 6.45) is 1.39. The number of carbonyl (C=O) groups excluding carboxylic acids is 1. The molecule has 1 heterocycles. The van der Waals surface area contributed by atoms with E-state index in [1.54, 1.807) is 7.11 Å². The van der Waals surface area contributed by atoms with E-state index in [0.29, 0.717) is 6.42 Å². The summed E-state index contributed by atoms with van der Waals surface area (Å²) in [6.45, 7) is 0. The van der Waals surface area contributed by atoms with Gasteiger partial charge in [-0.25, -0.2) is 4.79 Å². The third kappa shape index (κ3) is 3.35. The van der Waals surface area contributed by atoms with Crippen LogP contribution >= 0.6 is 0 Å². The third-order valence-corrected chi connectivity index (χ3v) is 3.84. The topological polar surface area (TPSA) is 47.9 Å². The second kappa shape index (κ2) is 6.53. The van der Waals surface area contributed by atoms with Crippen molar-refractivity contribution in [3.63, 3.8) is 0 Å². The number of hydrogen-bond acceptors (Lipinski definition) is 4. The lowest BCUT2D eigenvalue weighted by Crippen LogP contribution is -2.16. The van der Waals surface area contributed by atoms with Crippen LogP contribution in [0, 0.1) is 11.8 Å². The summed E-state index contributed by atoms with van der Waals surface area (Å²) in [5.74, 6) is 6.73. The van der Waals surface area contributed by atoms with Gasteiger partial charge >= 0.3 is 5.97 Å². The minimum absolute atomic E-state index is 0.290. The van der Waals surface area contributed by atoms with E-state index in [1.807, 2.05) is 36.4 Å². The second-order valence-corrected chi connectivity index (χ2v) is 5.33. The fourth-order valence-corrected chi connectivity index (χ4v) is 2.56. The van der Waals surface area contributed by atoms with E-state index in [2.05, 4.69) is 16.8 Å². The van der Waals surface area contributed by atoms with Crippen LogP contribution in [0.25, 0.3) is 10.8 Å². The van der Waals surface area contributed by atoms with E-state index in [4.69, 9.17) is 9.47 Å². The van der Waals surface area contributed by atoms with Gasteiger partial charge in [0.05, 0.1) is 19.9 Å². The van der Waals surface area contributed by atoms with Gasteiger partial charge in [0.15, 0.2) is 0 Å². The van der Waals surface area contributed by atoms with Gasteiger partial charge in [-0.2, -0.15) is 0 Å². The molecule has 0 unspecified atom stereocenters. The van der Waals surface area contributed by atoms with Gasteiger partial charge in [-0.15, -0.1) is 0 Å². The van der Waals surface area contributed by atoms with Gasteiger partial charge in [-0.05, 0) is 47.4 Å². The molecule has 0 saturated carbocycles. The predicted molar refractivity (Wildman–Crippen MR) is 89.9 cm³/mol. The second-order valence-electron chi connectivity index (χ2n) is 5.33. The summed E-state index contributed by atoms with van der Waals surface area (Å²) in [4.78, 5) is 15.8. The Hall–Kier alpha value is -2.80. The van der Waals surface area contributed by atoms with Crippen molar-refractivity contribution in [2.24, 2.45) is 4.99 Å². The van der Waals surface area contributed by atoms with Crippen molar-refractivity contribution in [3.05, 3.63) is 42.0 Å². The Bertz CT molecular complexity index is 843. The molecule has 0 N–H and O–H groups in total. The average Bonchev–Trinajstić information content (AvgIpc) is 3.07. The minimum atomic E-state index is -0.395. The van der Waals surface area contributed by atoms with Gasteiger partial charge in [0.2, 0.25) is 0 Å². The van der Waals surface area contributed by atoms with Crippen LogP contribution in [-0.2, 0) is 9.53 Å². The molecule has 0 radical (unpaired) electrons. The molecule has 4 heteroatoms. The first-order valence-electron chi connectivity index (χ1n) is 7.44. The summed E-state index contributed by atoms with van der Waals surface area (Å²) in [5.41, 5.74) is 1.68. The number of nitrogens with zero attached hydrogens (tertiary/aromatic N) is 1. The van der Waals surface area contributed by atoms with Gasteiger partial charge in [-0.3, -0.25) is 4.99 Å². The van der Waals surface area contributed by atoms with Crippen molar-refractivity contribution in [3.8, 4) is 17.6 Å². The molecule has 1 aliphatic rings. The van der Waals surface area contributed by atoms with E-state index >= 15 is 0 Å². The number of fused-ring (bicyclic) bond motifs is 1. The highest BCUT2D eigenvalue weighted by Crippen LogP contribution is 2.21. The molecule has 1 atom stereocenters. The Morgan fingerprint density at radius 2 is 1.91 bits per heavy atom. The predicted octanol–water partition coefficient (Wildman–Crippen LogP) is 2.98. The zero-order chi connectivity index (χ0) is 16.2. The van der Waals surface area contributed by atoms with E-state index in [9.17, 15) is 4.79 Å². The number of aliphatic imine (C=N–C) groups is 1. The molecular formula is C19H17NO3. The summed E-state index contributed by atoms with van der Waals surface area (Å²) in [7, 11) is 3.04. The van der Waals surface area contributed by atoms with Gasteiger partial charge in [0.1, 0.15) is 11.8 Å². The van der Waals surface area contributed by atoms with Crippen LogP contribution in [0.15, 0.2) is 41.4 Å². The first kappa shape index (κ1) is 15.1. The van der Waals surface area contributed by atoms with Crippen molar-refractivity contribution in [2.45, 2.75) is 18.9 Å². The molecule has 1 aliphatic heterocycles. The van der Waals surface area contributed by atoms with E-state index in [0.717, 1.165) is 34.2 Å². The van der Waals surface area contributed by atoms with Gasteiger partial charge in [0.25, 0.3) is 0 Å². The average molecular weight is 307 g/mol. The SMILES string of the molecule is COC(=O)[C@@H]1CCC(C#Cc2ccc3cc(OC)ccc3c2)=N1. The molecule has 0 fully saturated rings. The van der Waals surface area contributed by atoms with Crippen molar-refractivity contribution in [1.29, 1.82) is 0 Å². The number of esters is 1. The lowest BCUT2D eigenvalue weighted by molar-refractivity contribution is -0.141. The van der Waals surface area contributed by atoms with Crippen molar-refractivity contribution < 1.29 is 14.3 Å². The number of ether oxygens (including phenoxy) is 2. The molecule has 0 aliphatic carbocycles. The van der Waals surface area contributed by atoms with E-state index in [1.165, 1.54) is 7.11 Å². The summed E-state index contributed by atoms with van der Waals surface area (Å²) >= 11 is 0. The lowest BCUT2D eigenvalue weighted by atomic mass is 10.1. The standard InChI is InChI=1S/C19H17NO3/c1-22-17-9-6-14-11-13(3-5-15(14)12-17)4-7-16-8-10-18(20-16)19(21)23-2/h3,5-6,9,11-12,18H,8,10H2,1-2H3/t18-/m0/s1. The molecule has 0 aromatic heterocycles. The number of carbonyl (C=O) groups is 1. The molecule has 2 aromatic rings. The molecule has 23 heavy (non-hydrogen) atoms. The maximum Gasteiger partial charge on any atom is 0.330 e. The number of benzene rings is 2. The Balaban J connectivity index is 1.81. The highest BCUT2D eigenvalue weighted by atomic mass is 16.5. The van der Waals surface area contributed by atoms with Crippen LogP contribution in [0.1, 0.15) is 18.4 Å². The first-order chi connectivity index (χ1) is 11.2. The molecule has 2 aromatic carbocycles. The largest absolute Gasteiger partial charge is 0.497 e. The molecule has 0 bridgehead atoms. The fraction of sp³-hybridized carbons (Fsp3) is 0.263. The van der Waals surface area contributed by atoms with Gasteiger partial charge in [0, 0.05) is 12.0 Å². The molecule has 116 valence electrons. The Morgan fingerprint density at radius 3 is 2.70 bits per heavy atom. The zero-order valence-corrected chi connectivity index (χ0v) is 13.1. The van der Waals surface area contributed by atoms with Gasteiger partial charge in [-0.1, -0.05) is 18.1 Å². The van der Waals surface area contributed by atoms with Crippen LogP contribution in [0.4, 0.5) is 0 Å². The molecular weight excluding hydrogens is 290 g/mol. The Kier molecular flexibility index (Phi) is 4.29. The Labute approximate surface area is 135 Å². The number of hydrogen-bond donors (Lipinski definition) is 0. The Morgan fingerprint density at radius 1 is 1.13 bits per heavy atom. The molecule has 4 nitrogen and oxygen atoms in total. The molecule has 0 saturated heterocycles. The maximum absolute atomic E-state index is 11.4. The third-order valence-electron chi connectivity index (χ3n) is 3.84. The van der Waals surface area contributed by atoms with Crippen LogP contribution in [0.5, 0.6) is 5.75 Å². The summed E-state index contributed by atoms with van der Waals surface area (Å²) in [6, 6.07) is 11.6. The summed E-state index contributed by atoms with van der Waals surface area (Å²) < 4.78 is 9.93. The van der Waals surface area contributed by atoms with Crippen molar-refractivity contribution in [2.75, 3.05) is 14.2 Å². The van der Waals surface area contributed by atoms with E-state index < -0.39 is 6.04 Å². The maximum atomic E-state index is 11.4. The highest BCUT2D eigenvalue weighted by Gasteiger charge is 2.23. The van der Waals surface area contributed by atoms with Crippen LogP contribution in [0.2, 0.25) is 0 Å². The quantitative estimate of drug-likeness (QED) is 0.633. The lowest BCUT2D eigenvalue weighted by Gasteiger charge is -2.02. The first-order valence-corrected chi connectivity index (χ1v) is 7.44. The number of rotatable bonds is 2. The van der Waals surface area contributed by atoms with Crippen LogP contribution in [-0.4, -0.2) is 31.9 Å².